The van der Waals surface area contributed by atoms with Crippen molar-refractivity contribution in [1.29, 1.82) is 0 Å². The van der Waals surface area contributed by atoms with Crippen LogP contribution in [0.3, 0.4) is 0 Å². The third-order valence-electron chi connectivity index (χ3n) is 13.8. The van der Waals surface area contributed by atoms with Gasteiger partial charge >= 0.3 is 0 Å². The molecule has 2 fully saturated rings. The summed E-state index contributed by atoms with van der Waals surface area (Å²) < 4.78 is 35.5. The molecule has 8 rings (SSSR count). The number of ether oxygens (including phenoxy) is 6. The van der Waals surface area contributed by atoms with Crippen LogP contribution in [0.2, 0.25) is 0 Å². The molecule has 3 N–H and O–H groups in total. The molecule has 10 nitrogen and oxygen atoms in total. The van der Waals surface area contributed by atoms with Crippen LogP contribution in [0.1, 0.15) is 131 Å². The van der Waals surface area contributed by atoms with E-state index in [1.807, 2.05) is 64.1 Å². The number of fused-ring (bicyclic) bond motifs is 4. The van der Waals surface area contributed by atoms with E-state index in [4.69, 9.17) is 28.4 Å². The highest BCUT2D eigenvalue weighted by molar-refractivity contribution is 5.84. The number of rotatable bonds is 0. The van der Waals surface area contributed by atoms with Crippen LogP contribution in [0.25, 0.3) is 0 Å². The van der Waals surface area contributed by atoms with E-state index in [2.05, 4.69) is 102 Å². The van der Waals surface area contributed by atoms with E-state index >= 15 is 0 Å². The average Bonchev–Trinajstić information content (AvgIpc) is 3.76. The lowest BCUT2D eigenvalue weighted by Gasteiger charge is -2.36. The number of hydrogen-bond acceptors (Lipinski definition) is 10. The van der Waals surface area contributed by atoms with Crippen LogP contribution in [-0.4, -0.2) is 89.0 Å². The number of hydrogen-bond donors (Lipinski definition) is 3. The Balaban J connectivity index is 0.000000197. The topological polar surface area (TPSA) is 133 Å². The first kappa shape index (κ1) is 55.6. The highest BCUT2D eigenvalue weighted by Gasteiger charge is 2.45. The first-order valence-electron chi connectivity index (χ1n) is 25.5. The second-order valence-corrected chi connectivity index (χ2v) is 21.0. The highest BCUT2D eigenvalue weighted by Crippen LogP contribution is 2.40. The molecule has 0 radical (unpaired) electrons. The number of benzene rings is 2. The van der Waals surface area contributed by atoms with Gasteiger partial charge in [0, 0.05) is 31.5 Å². The lowest BCUT2D eigenvalue weighted by atomic mass is 9.73. The Morgan fingerprint density at radius 3 is 1.51 bits per heavy atom. The van der Waals surface area contributed by atoms with Gasteiger partial charge in [0.05, 0.1) is 18.3 Å². The van der Waals surface area contributed by atoms with Gasteiger partial charge in [-0.1, -0.05) is 133 Å². The smallest absolute Gasteiger partial charge is 0.164 e. The van der Waals surface area contributed by atoms with E-state index in [0.29, 0.717) is 38.9 Å². The fourth-order valence-corrected chi connectivity index (χ4v) is 10.7. The van der Waals surface area contributed by atoms with Gasteiger partial charge in [-0.05, 0) is 137 Å². The Bertz CT molecular complexity index is 1880. The number of aliphatic hydroxyl groups is 3. The Kier molecular flexibility index (Phi) is 21.9. The van der Waals surface area contributed by atoms with Crippen LogP contribution >= 0.6 is 0 Å². The number of aryl methyl sites for hydroxylation is 2. The summed E-state index contributed by atoms with van der Waals surface area (Å²) in [5.41, 5.74) is 5.35. The van der Waals surface area contributed by atoms with E-state index in [1.54, 1.807) is 0 Å². The van der Waals surface area contributed by atoms with E-state index < -0.39 is 36.4 Å². The molecule has 2 saturated heterocycles. The molecule has 0 spiro atoms. The Labute approximate surface area is 409 Å². The molecule has 2 aliphatic carbocycles. The maximum absolute atomic E-state index is 12.6. The molecule has 10 heteroatoms. The van der Waals surface area contributed by atoms with Crippen molar-refractivity contribution < 1.29 is 48.5 Å². The molecule has 2 aromatic rings. The minimum Gasteiger partial charge on any atom is -0.390 e. The average molecular weight is 943 g/mol. The minimum absolute atomic E-state index is 0.0440. The Morgan fingerprint density at radius 1 is 0.574 bits per heavy atom. The number of carbonyl (C=O) groups is 1. The maximum atomic E-state index is 12.6. The third-order valence-corrected chi connectivity index (χ3v) is 13.8. The molecule has 4 aliphatic heterocycles. The molecule has 0 saturated carbocycles. The standard InChI is InChI=1S/C22H36O5.C22H34O5.2C7H8/c2*1-14-12-15(2)19-16(13-14)8-7-10-18-20(27-22(3,4)26-18)17(23)9-5-6-11-25-21(19)24;2*1-7-5-3-2-4-6-7/h7-8,12,15-21,23-24H,5-6,9-11,13H2,1-4H3;7-8,12,15-16,18-21,24H,5-6,9-11,13H2,1-4H3;2*2-6H,1H3/b2*8-7+;;/t;15?,16?,18-,19?,20+,21?;;/m.0../s1. The van der Waals surface area contributed by atoms with Gasteiger partial charge in [0.2, 0.25) is 0 Å². The summed E-state index contributed by atoms with van der Waals surface area (Å²) in [6.07, 6.45) is 17.2. The number of ketones is 1. The van der Waals surface area contributed by atoms with Gasteiger partial charge in [0.25, 0.3) is 0 Å². The van der Waals surface area contributed by atoms with Gasteiger partial charge < -0.3 is 43.7 Å². The molecule has 68 heavy (non-hydrogen) atoms. The molecule has 2 aromatic carbocycles. The molecular weight excluding hydrogens is 857 g/mol. The summed E-state index contributed by atoms with van der Waals surface area (Å²) in [5.74, 6) is -0.208. The zero-order valence-electron chi connectivity index (χ0n) is 42.9. The van der Waals surface area contributed by atoms with Gasteiger partial charge in [-0.2, -0.15) is 0 Å². The van der Waals surface area contributed by atoms with E-state index in [0.717, 1.165) is 38.5 Å². The molecule has 0 amide bonds. The van der Waals surface area contributed by atoms with Crippen molar-refractivity contribution in [3.05, 3.63) is 119 Å². The van der Waals surface area contributed by atoms with Gasteiger partial charge in [-0.25, -0.2) is 0 Å². The summed E-state index contributed by atoms with van der Waals surface area (Å²) in [4.78, 5) is 12.6. The highest BCUT2D eigenvalue weighted by atomic mass is 16.8. The van der Waals surface area contributed by atoms with Gasteiger partial charge in [0.1, 0.15) is 12.2 Å². The van der Waals surface area contributed by atoms with Crippen LogP contribution < -0.4 is 0 Å². The van der Waals surface area contributed by atoms with Crippen LogP contribution in [0.4, 0.5) is 0 Å². The lowest BCUT2D eigenvalue weighted by molar-refractivity contribution is -0.157. The molecule has 0 bridgehead atoms. The molecule has 4 heterocycles. The molecule has 11 unspecified atom stereocenters. The van der Waals surface area contributed by atoms with Gasteiger partial charge in [0.15, 0.2) is 29.9 Å². The third kappa shape index (κ3) is 17.5. The van der Waals surface area contributed by atoms with Crippen molar-refractivity contribution in [3.63, 3.8) is 0 Å². The van der Waals surface area contributed by atoms with Crippen molar-refractivity contribution in [2.45, 2.75) is 188 Å². The van der Waals surface area contributed by atoms with E-state index in [-0.39, 0.29) is 59.6 Å². The fraction of sp³-hybridized carbons (Fsp3) is 0.638. The summed E-state index contributed by atoms with van der Waals surface area (Å²) >= 11 is 0. The van der Waals surface area contributed by atoms with Gasteiger partial charge in [-0.3, -0.25) is 4.79 Å². The number of carbonyl (C=O) groups excluding carboxylic acids is 1. The van der Waals surface area contributed by atoms with Crippen LogP contribution in [-0.2, 0) is 33.2 Å². The molecule has 6 aliphatic rings. The molecule has 378 valence electrons. The number of allylic oxidation sites excluding steroid dienone is 6. The fourth-order valence-electron chi connectivity index (χ4n) is 10.7. The second kappa shape index (κ2) is 26.8. The Morgan fingerprint density at radius 2 is 1.03 bits per heavy atom. The van der Waals surface area contributed by atoms with Crippen LogP contribution in [0.5, 0.6) is 0 Å². The number of Topliss-reactive ketones (excluding diaryl/α,β-unsaturated/α-hetero) is 1. The SMILES string of the molecule is CC1=CC(C)C2C(/C=C/CC3OC(C)(C)OC3C(O)CCCCOC2O)C1.CC1=CC(C)C2C(/C=C/C[C@@H]3OC(C)(C)O[C@@H]3C(=O)CCCCOC2O)C1.Cc1ccccc1.Cc1ccccc1. The van der Waals surface area contributed by atoms with Gasteiger partial charge in [-0.15, -0.1) is 0 Å². The zero-order valence-corrected chi connectivity index (χ0v) is 42.9. The first-order valence-corrected chi connectivity index (χ1v) is 25.5. The normalized spacial score (nSPS) is 36.1. The Hall–Kier alpha value is -3.29. The van der Waals surface area contributed by atoms with Crippen molar-refractivity contribution in [2.75, 3.05) is 13.2 Å². The first-order chi connectivity index (χ1) is 32.3. The van der Waals surface area contributed by atoms with E-state index in [9.17, 15) is 20.1 Å². The number of aliphatic hydroxyl groups excluding tert-OH is 3. The summed E-state index contributed by atoms with van der Waals surface area (Å²) in [5, 5.41) is 31.9. The summed E-state index contributed by atoms with van der Waals surface area (Å²) in [6.45, 7) is 21.3. The summed E-state index contributed by atoms with van der Waals surface area (Å²) in [6, 6.07) is 20.5. The molecule has 13 atom stereocenters. The predicted molar refractivity (Wildman–Crippen MR) is 269 cm³/mol. The molecular formula is C58H86O10. The zero-order chi connectivity index (χ0) is 49.4. The van der Waals surface area contributed by atoms with Crippen molar-refractivity contribution in [2.24, 2.45) is 35.5 Å². The maximum Gasteiger partial charge on any atom is 0.164 e. The lowest BCUT2D eigenvalue weighted by Crippen LogP contribution is -2.37. The van der Waals surface area contributed by atoms with Crippen LogP contribution in [0.15, 0.2) is 108 Å². The summed E-state index contributed by atoms with van der Waals surface area (Å²) in [7, 11) is 0. The molecule has 0 aromatic heterocycles. The van der Waals surface area contributed by atoms with E-state index in [1.165, 1.54) is 22.3 Å². The van der Waals surface area contributed by atoms with Crippen LogP contribution in [0, 0.1) is 49.4 Å². The van der Waals surface area contributed by atoms with Crippen molar-refractivity contribution >= 4 is 5.78 Å². The predicted octanol–water partition coefficient (Wildman–Crippen LogP) is 11.3. The second-order valence-electron chi connectivity index (χ2n) is 21.0. The van der Waals surface area contributed by atoms with Crippen molar-refractivity contribution in [3.8, 4) is 0 Å². The largest absolute Gasteiger partial charge is 0.390 e. The van der Waals surface area contributed by atoms with Crippen molar-refractivity contribution in [1.82, 2.24) is 0 Å². The monoisotopic (exact) mass is 943 g/mol. The minimum atomic E-state index is -0.782. The quantitative estimate of drug-likeness (QED) is 0.219.